The Labute approximate surface area is 154 Å². The van der Waals surface area contributed by atoms with Crippen molar-refractivity contribution in [1.82, 2.24) is 15.3 Å². The maximum Gasteiger partial charge on any atom is 0.257 e. The lowest BCUT2D eigenvalue weighted by atomic mass is 9.95. The van der Waals surface area contributed by atoms with Crippen LogP contribution < -0.4 is 15.0 Å². The van der Waals surface area contributed by atoms with E-state index in [0.29, 0.717) is 11.9 Å². The summed E-state index contributed by atoms with van der Waals surface area (Å²) < 4.78 is 5.48. The first kappa shape index (κ1) is 17.1. The molecule has 4 rings (SSSR count). The van der Waals surface area contributed by atoms with Gasteiger partial charge in [-0.15, -0.1) is 0 Å². The van der Waals surface area contributed by atoms with E-state index >= 15 is 0 Å². The monoisotopic (exact) mass is 354 g/mol. The number of ether oxygens (including phenoxy) is 1. The Morgan fingerprint density at radius 3 is 2.38 bits per heavy atom. The third-order valence-corrected chi connectivity index (χ3v) is 5.58. The number of hydrogen-bond acceptors (Lipinski definition) is 5. The Kier molecular flexibility index (Phi) is 4.91. The molecule has 6 nitrogen and oxygen atoms in total. The van der Waals surface area contributed by atoms with Crippen molar-refractivity contribution in [2.75, 3.05) is 25.1 Å². The van der Waals surface area contributed by atoms with Gasteiger partial charge in [0, 0.05) is 25.0 Å². The summed E-state index contributed by atoms with van der Waals surface area (Å²) in [7, 11) is 1.63. The number of hydrogen-bond donors (Lipinski definition) is 1. The number of anilines is 1. The van der Waals surface area contributed by atoms with Crippen LogP contribution in [-0.4, -0.2) is 42.1 Å². The number of amides is 1. The third-order valence-electron chi connectivity index (χ3n) is 5.58. The highest BCUT2D eigenvalue weighted by atomic mass is 16.5. The molecule has 1 saturated carbocycles. The maximum absolute atomic E-state index is 12.5. The van der Waals surface area contributed by atoms with Crippen molar-refractivity contribution in [3.05, 3.63) is 24.3 Å². The number of nitrogens with zero attached hydrogens (tertiary/aromatic N) is 3. The number of para-hydroxylation sites is 2. The summed E-state index contributed by atoms with van der Waals surface area (Å²) >= 11 is 0. The first-order valence-electron chi connectivity index (χ1n) is 9.60. The molecule has 0 bridgehead atoms. The van der Waals surface area contributed by atoms with E-state index in [0.717, 1.165) is 55.6 Å². The molecule has 1 saturated heterocycles. The van der Waals surface area contributed by atoms with Crippen molar-refractivity contribution in [2.24, 2.45) is 5.92 Å². The fraction of sp³-hybridized carbons (Fsp3) is 0.550. The summed E-state index contributed by atoms with van der Waals surface area (Å²) in [5.74, 6) is 1.66. The van der Waals surface area contributed by atoms with Crippen LogP contribution in [0.4, 0.5) is 5.82 Å². The number of fused-ring (bicyclic) bond motifs is 1. The second kappa shape index (κ2) is 7.48. The Morgan fingerprint density at radius 1 is 1.08 bits per heavy atom. The summed E-state index contributed by atoms with van der Waals surface area (Å²) in [6.07, 6.45) is 6.43. The molecule has 1 aliphatic heterocycles. The van der Waals surface area contributed by atoms with Gasteiger partial charge in [-0.3, -0.25) is 4.79 Å². The highest BCUT2D eigenvalue weighted by Gasteiger charge is 2.29. The van der Waals surface area contributed by atoms with E-state index in [-0.39, 0.29) is 11.8 Å². The summed E-state index contributed by atoms with van der Waals surface area (Å²) in [6, 6.07) is 8.21. The van der Waals surface area contributed by atoms with E-state index in [4.69, 9.17) is 9.72 Å². The predicted molar refractivity (Wildman–Crippen MR) is 101 cm³/mol. The molecule has 1 aromatic carbocycles. The van der Waals surface area contributed by atoms with Crippen LogP contribution in [0, 0.1) is 5.92 Å². The van der Waals surface area contributed by atoms with Crippen molar-refractivity contribution >= 4 is 22.8 Å². The molecule has 0 radical (unpaired) electrons. The lowest BCUT2D eigenvalue weighted by Gasteiger charge is -2.33. The van der Waals surface area contributed by atoms with Crippen LogP contribution in [-0.2, 0) is 4.79 Å². The number of nitrogens with one attached hydrogen (secondary N) is 1. The summed E-state index contributed by atoms with van der Waals surface area (Å²) in [5, 5.41) is 3.24. The summed E-state index contributed by atoms with van der Waals surface area (Å²) in [4.78, 5) is 24.1. The van der Waals surface area contributed by atoms with Crippen LogP contribution in [0.25, 0.3) is 11.0 Å². The van der Waals surface area contributed by atoms with Crippen molar-refractivity contribution in [1.29, 1.82) is 0 Å². The number of aromatic nitrogens is 2. The van der Waals surface area contributed by atoms with E-state index in [1.807, 2.05) is 24.3 Å². The number of benzene rings is 1. The lowest BCUT2D eigenvalue weighted by molar-refractivity contribution is -0.126. The topological polar surface area (TPSA) is 67.4 Å². The number of carbonyl (C=O) groups is 1. The Balaban J connectivity index is 1.44. The zero-order valence-corrected chi connectivity index (χ0v) is 15.3. The van der Waals surface area contributed by atoms with E-state index in [1.165, 1.54) is 12.8 Å². The quantitative estimate of drug-likeness (QED) is 0.914. The van der Waals surface area contributed by atoms with Crippen LogP contribution in [0.3, 0.4) is 0 Å². The zero-order chi connectivity index (χ0) is 17.9. The maximum atomic E-state index is 12.5. The summed E-state index contributed by atoms with van der Waals surface area (Å²) in [5.41, 5.74) is 1.70. The SMILES string of the molecule is COc1nc2ccccc2nc1N1CCC(C(=O)NC2CCCC2)CC1. The second-order valence-corrected chi connectivity index (χ2v) is 7.30. The van der Waals surface area contributed by atoms with Crippen molar-refractivity contribution in [3.63, 3.8) is 0 Å². The van der Waals surface area contributed by atoms with Crippen LogP contribution in [0.5, 0.6) is 5.88 Å². The molecular weight excluding hydrogens is 328 g/mol. The highest BCUT2D eigenvalue weighted by Crippen LogP contribution is 2.30. The number of rotatable bonds is 4. The molecule has 2 aromatic rings. The normalized spacial score (nSPS) is 19.0. The van der Waals surface area contributed by atoms with Gasteiger partial charge in [0.1, 0.15) is 0 Å². The Morgan fingerprint density at radius 2 is 1.73 bits per heavy atom. The van der Waals surface area contributed by atoms with Crippen LogP contribution >= 0.6 is 0 Å². The molecule has 1 aromatic heterocycles. The molecule has 0 atom stereocenters. The number of piperidine rings is 1. The molecule has 1 aliphatic carbocycles. The van der Waals surface area contributed by atoms with Gasteiger partial charge >= 0.3 is 0 Å². The van der Waals surface area contributed by atoms with E-state index in [1.54, 1.807) is 7.11 Å². The molecule has 138 valence electrons. The first-order valence-corrected chi connectivity index (χ1v) is 9.60. The van der Waals surface area contributed by atoms with Gasteiger partial charge in [-0.05, 0) is 37.8 Å². The average molecular weight is 354 g/mol. The van der Waals surface area contributed by atoms with Gasteiger partial charge in [0.25, 0.3) is 5.88 Å². The molecule has 2 fully saturated rings. The fourth-order valence-electron chi connectivity index (χ4n) is 4.06. The van der Waals surface area contributed by atoms with Gasteiger partial charge in [-0.1, -0.05) is 25.0 Å². The molecular formula is C20H26N4O2. The molecule has 0 unspecified atom stereocenters. The van der Waals surface area contributed by atoms with Gasteiger partial charge in [0.15, 0.2) is 5.82 Å². The molecule has 0 spiro atoms. The number of carbonyl (C=O) groups excluding carboxylic acids is 1. The molecule has 1 amide bonds. The van der Waals surface area contributed by atoms with E-state index in [9.17, 15) is 4.79 Å². The minimum Gasteiger partial charge on any atom is -0.478 e. The van der Waals surface area contributed by atoms with Gasteiger partial charge in [0.2, 0.25) is 5.91 Å². The van der Waals surface area contributed by atoms with E-state index < -0.39 is 0 Å². The molecule has 1 N–H and O–H groups in total. The van der Waals surface area contributed by atoms with Crippen LogP contribution in [0.15, 0.2) is 24.3 Å². The Bertz CT molecular complexity index is 780. The minimum absolute atomic E-state index is 0.103. The standard InChI is InChI=1S/C20H26N4O2/c1-26-20-18(22-16-8-4-5-9-17(16)23-20)24-12-10-14(11-13-24)19(25)21-15-6-2-3-7-15/h4-5,8-9,14-15H,2-3,6-7,10-13H2,1H3,(H,21,25). The minimum atomic E-state index is 0.103. The second-order valence-electron chi connectivity index (χ2n) is 7.30. The highest BCUT2D eigenvalue weighted by molar-refractivity contribution is 5.80. The smallest absolute Gasteiger partial charge is 0.257 e. The largest absolute Gasteiger partial charge is 0.478 e. The predicted octanol–water partition coefficient (Wildman–Crippen LogP) is 2.91. The van der Waals surface area contributed by atoms with E-state index in [2.05, 4.69) is 15.2 Å². The average Bonchev–Trinajstić information content (AvgIpc) is 3.20. The van der Waals surface area contributed by atoms with Crippen molar-refractivity contribution in [3.8, 4) is 5.88 Å². The Hall–Kier alpha value is -2.37. The first-order chi connectivity index (χ1) is 12.7. The number of methoxy groups -OCH3 is 1. The third kappa shape index (κ3) is 3.45. The molecule has 2 aliphatic rings. The molecule has 2 heterocycles. The fourth-order valence-corrected chi connectivity index (χ4v) is 4.06. The van der Waals surface area contributed by atoms with Gasteiger partial charge in [-0.25, -0.2) is 9.97 Å². The van der Waals surface area contributed by atoms with Gasteiger partial charge in [-0.2, -0.15) is 0 Å². The van der Waals surface area contributed by atoms with Crippen molar-refractivity contribution < 1.29 is 9.53 Å². The van der Waals surface area contributed by atoms with Gasteiger partial charge < -0.3 is 15.0 Å². The van der Waals surface area contributed by atoms with Crippen LogP contribution in [0.1, 0.15) is 38.5 Å². The van der Waals surface area contributed by atoms with Gasteiger partial charge in [0.05, 0.1) is 18.1 Å². The lowest BCUT2D eigenvalue weighted by Crippen LogP contribution is -2.43. The zero-order valence-electron chi connectivity index (χ0n) is 15.3. The van der Waals surface area contributed by atoms with Crippen molar-refractivity contribution in [2.45, 2.75) is 44.6 Å². The summed E-state index contributed by atoms with van der Waals surface area (Å²) in [6.45, 7) is 1.60. The molecule has 6 heteroatoms. The van der Waals surface area contributed by atoms with Crippen LogP contribution in [0.2, 0.25) is 0 Å². The molecule has 26 heavy (non-hydrogen) atoms.